The third-order valence-corrected chi connectivity index (χ3v) is 2.64. The van der Waals surface area contributed by atoms with E-state index in [1.54, 1.807) is 0 Å². The van der Waals surface area contributed by atoms with Crippen LogP contribution in [0.25, 0.3) is 0 Å². The first-order valence-corrected chi connectivity index (χ1v) is 5.80. The van der Waals surface area contributed by atoms with Crippen molar-refractivity contribution in [3.8, 4) is 0 Å². The van der Waals surface area contributed by atoms with Gasteiger partial charge in [0, 0.05) is 6.04 Å². The van der Waals surface area contributed by atoms with Crippen molar-refractivity contribution in [2.24, 2.45) is 0 Å². The van der Waals surface area contributed by atoms with Crippen LogP contribution >= 0.6 is 0 Å². The Morgan fingerprint density at radius 1 is 1.62 bits per heavy atom. The van der Waals surface area contributed by atoms with E-state index in [-0.39, 0.29) is 42.5 Å². The fourth-order valence-corrected chi connectivity index (χ4v) is 2.01. The summed E-state index contributed by atoms with van der Waals surface area (Å²) in [5.74, 6) is -1.68. The zero-order valence-electron chi connectivity index (χ0n) is 9.42. The molecule has 8 heteroatoms. The number of nitrogens with zero attached hydrogens (tertiary/aromatic N) is 1. The molecule has 0 aromatic heterocycles. The molecule has 0 aliphatic heterocycles. The zero-order chi connectivity index (χ0) is 12.1. The molecule has 0 saturated heterocycles. The molecule has 0 bridgehead atoms. The summed E-state index contributed by atoms with van der Waals surface area (Å²) < 4.78 is 31.6. The largest absolute Gasteiger partial charge is 1.00 e. The van der Waals surface area contributed by atoms with Gasteiger partial charge in [0.25, 0.3) is 0 Å². The van der Waals surface area contributed by atoms with Crippen molar-refractivity contribution in [1.29, 1.82) is 0 Å². The number of rotatable bonds is 7. The molecule has 0 spiro atoms. The molecule has 0 radical (unpaired) electrons. The molecule has 0 saturated carbocycles. The average Bonchev–Trinajstić information content (AvgIpc) is 1.99. The number of carbonyl (C=O) groups is 1. The summed E-state index contributed by atoms with van der Waals surface area (Å²) in [7, 11) is -2.91. The summed E-state index contributed by atoms with van der Waals surface area (Å²) in [6.07, 6.45) is 1.71. The predicted octanol–water partition coefficient (Wildman–Crippen LogP) is -3.50. The molecular formula is C8H14NNaO5S. The van der Waals surface area contributed by atoms with Crippen LogP contribution in [0, 0.1) is 0 Å². The van der Waals surface area contributed by atoms with Gasteiger partial charge < -0.3 is 9.66 Å². The monoisotopic (exact) mass is 259 g/mol. The molecule has 0 amide bonds. The summed E-state index contributed by atoms with van der Waals surface area (Å²) in [6, 6.07) is -0.638. The van der Waals surface area contributed by atoms with Gasteiger partial charge in [0.05, 0.1) is 22.4 Å². The Kier molecular flexibility index (Phi) is 9.47. The van der Waals surface area contributed by atoms with E-state index in [0.29, 0.717) is 0 Å². The summed E-state index contributed by atoms with van der Waals surface area (Å²) in [6.45, 7) is 3.11. The quantitative estimate of drug-likeness (QED) is 0.289. The van der Waals surface area contributed by atoms with Gasteiger partial charge in [-0.05, 0) is 13.5 Å². The summed E-state index contributed by atoms with van der Waals surface area (Å²) in [5.41, 5.74) is 0. The number of carboxylic acid groups (broad SMARTS) is 1. The Hall–Kier alpha value is 0.0800. The molecule has 0 aliphatic carbocycles. The van der Waals surface area contributed by atoms with Gasteiger partial charge in [0.2, 0.25) is 0 Å². The van der Waals surface area contributed by atoms with E-state index in [4.69, 9.17) is 5.11 Å². The van der Waals surface area contributed by atoms with Crippen LogP contribution in [0.2, 0.25) is 0 Å². The van der Waals surface area contributed by atoms with Crippen molar-refractivity contribution >= 4 is 16.1 Å². The van der Waals surface area contributed by atoms with Crippen molar-refractivity contribution in [2.75, 3.05) is 19.3 Å². The normalized spacial score (nSPS) is 12.9. The van der Waals surface area contributed by atoms with Crippen molar-refractivity contribution in [3.63, 3.8) is 0 Å². The first kappa shape index (κ1) is 18.4. The van der Waals surface area contributed by atoms with Crippen LogP contribution in [0.15, 0.2) is 12.7 Å². The Morgan fingerprint density at radius 3 is 2.44 bits per heavy atom. The molecule has 6 nitrogen and oxygen atoms in total. The maximum atomic E-state index is 10.5. The van der Waals surface area contributed by atoms with E-state index in [1.165, 1.54) is 18.0 Å². The zero-order valence-corrected chi connectivity index (χ0v) is 12.2. The van der Waals surface area contributed by atoms with Crippen molar-refractivity contribution < 1.29 is 52.4 Å². The van der Waals surface area contributed by atoms with Gasteiger partial charge in [-0.1, -0.05) is 6.08 Å². The van der Waals surface area contributed by atoms with Crippen LogP contribution in [0.5, 0.6) is 0 Å². The fourth-order valence-electron chi connectivity index (χ4n) is 1.15. The van der Waals surface area contributed by atoms with Crippen molar-refractivity contribution in [2.45, 2.75) is 12.5 Å². The molecule has 0 aliphatic rings. The van der Waals surface area contributed by atoms with Gasteiger partial charge >= 0.3 is 35.5 Å². The molecule has 0 aromatic carbocycles. The standard InChI is InChI=1S/C8H15NO5S.Na/c1-3-4-7(6-15(12,13)14)9(2)5-8(10)11;/h3,7H,1,4-6H2,2H3,(H,10,11)(H,12,13,14);/q;+1/p-1. The van der Waals surface area contributed by atoms with Crippen LogP contribution in [0.4, 0.5) is 0 Å². The Bertz CT molecular complexity index is 329. The van der Waals surface area contributed by atoms with Crippen LogP contribution in [0.3, 0.4) is 0 Å². The third-order valence-electron chi connectivity index (χ3n) is 1.84. The first-order chi connectivity index (χ1) is 6.76. The molecule has 0 aromatic rings. The molecule has 1 unspecified atom stereocenters. The van der Waals surface area contributed by atoms with E-state index in [1.807, 2.05) is 0 Å². The topological polar surface area (TPSA) is 97.7 Å². The number of hydrogen-bond donors (Lipinski definition) is 1. The molecule has 0 fully saturated rings. The second-order valence-electron chi connectivity index (χ2n) is 3.21. The van der Waals surface area contributed by atoms with Crippen molar-refractivity contribution in [3.05, 3.63) is 12.7 Å². The van der Waals surface area contributed by atoms with Crippen LogP contribution in [-0.2, 0) is 14.9 Å². The first-order valence-electron chi connectivity index (χ1n) is 4.22. The summed E-state index contributed by atoms with van der Waals surface area (Å²) in [5, 5.41) is 8.50. The Labute approximate surface area is 117 Å². The smallest absolute Gasteiger partial charge is 0.748 e. The molecular weight excluding hydrogens is 245 g/mol. The maximum absolute atomic E-state index is 10.5. The minimum atomic E-state index is -4.36. The molecule has 88 valence electrons. The van der Waals surface area contributed by atoms with Gasteiger partial charge in [0.1, 0.15) is 0 Å². The predicted molar refractivity (Wildman–Crippen MR) is 53.4 cm³/mol. The van der Waals surface area contributed by atoms with Gasteiger partial charge in [-0.25, -0.2) is 8.42 Å². The maximum Gasteiger partial charge on any atom is 1.00 e. The fraction of sp³-hybridized carbons (Fsp3) is 0.625. The molecule has 1 atom stereocenters. The van der Waals surface area contributed by atoms with Gasteiger partial charge in [-0.3, -0.25) is 9.69 Å². The SMILES string of the molecule is C=CCC(CS(=O)(=O)[O-])N(C)CC(=O)O.[Na+]. The van der Waals surface area contributed by atoms with E-state index in [9.17, 15) is 17.8 Å². The van der Waals surface area contributed by atoms with Crippen LogP contribution in [0.1, 0.15) is 6.42 Å². The summed E-state index contributed by atoms with van der Waals surface area (Å²) in [4.78, 5) is 11.7. The third kappa shape index (κ3) is 9.32. The number of likely N-dealkylation sites (N-methyl/N-ethyl adjacent to an activating group) is 1. The van der Waals surface area contributed by atoms with E-state index >= 15 is 0 Å². The van der Waals surface area contributed by atoms with Crippen molar-refractivity contribution in [1.82, 2.24) is 4.90 Å². The summed E-state index contributed by atoms with van der Waals surface area (Å²) >= 11 is 0. The van der Waals surface area contributed by atoms with Crippen LogP contribution in [-0.4, -0.2) is 54.3 Å². The second-order valence-corrected chi connectivity index (χ2v) is 4.66. The van der Waals surface area contributed by atoms with Gasteiger partial charge in [-0.2, -0.15) is 0 Å². The molecule has 16 heavy (non-hydrogen) atoms. The number of aliphatic carboxylic acids is 1. The van der Waals surface area contributed by atoms with Crippen LogP contribution < -0.4 is 29.6 Å². The number of carboxylic acids is 1. The number of hydrogen-bond acceptors (Lipinski definition) is 5. The Morgan fingerprint density at radius 2 is 2.12 bits per heavy atom. The second kappa shape index (κ2) is 8.21. The Balaban J connectivity index is 0. The van der Waals surface area contributed by atoms with E-state index in [2.05, 4.69) is 6.58 Å². The van der Waals surface area contributed by atoms with E-state index in [0.717, 1.165) is 0 Å². The van der Waals surface area contributed by atoms with E-state index < -0.39 is 27.9 Å². The minimum absolute atomic E-state index is 0. The van der Waals surface area contributed by atoms with Gasteiger partial charge in [-0.15, -0.1) is 6.58 Å². The molecule has 0 rings (SSSR count). The molecule has 1 N–H and O–H groups in total. The average molecular weight is 259 g/mol. The minimum Gasteiger partial charge on any atom is -0.748 e. The molecule has 0 heterocycles. The van der Waals surface area contributed by atoms with Gasteiger partial charge in [0.15, 0.2) is 0 Å².